The van der Waals surface area contributed by atoms with Crippen LogP contribution in [-0.4, -0.2) is 50.5 Å². The summed E-state index contributed by atoms with van der Waals surface area (Å²) in [6, 6.07) is 0.844. The summed E-state index contributed by atoms with van der Waals surface area (Å²) in [5, 5.41) is 28.1. The number of aliphatic carboxylic acids is 1. The Balaban J connectivity index is 1.54. The van der Waals surface area contributed by atoms with E-state index >= 15 is 0 Å². The maximum absolute atomic E-state index is 10.5. The molecular formula is C20H35NO4. The van der Waals surface area contributed by atoms with E-state index in [2.05, 4.69) is 24.1 Å². The smallest absolute Gasteiger partial charge is 0.305 e. The van der Waals surface area contributed by atoms with Crippen molar-refractivity contribution in [2.24, 2.45) is 5.92 Å². The lowest BCUT2D eigenvalue weighted by Gasteiger charge is -2.46. The van der Waals surface area contributed by atoms with Gasteiger partial charge in [-0.25, -0.2) is 0 Å². The molecule has 25 heavy (non-hydrogen) atoms. The van der Waals surface area contributed by atoms with E-state index < -0.39 is 12.1 Å². The number of nitrogens with zero attached hydrogens (tertiary/aromatic N) is 1. The molecule has 2 aliphatic heterocycles. The molecule has 2 rings (SSSR count). The van der Waals surface area contributed by atoms with E-state index in [1.807, 2.05) is 0 Å². The Bertz CT molecular complexity index is 439. The fraction of sp³-hybridized carbons (Fsp3) is 0.850. The first-order valence-corrected chi connectivity index (χ1v) is 10.0. The topological polar surface area (TPSA) is 81.0 Å². The Morgan fingerprint density at radius 2 is 1.92 bits per heavy atom. The number of fused-ring (bicyclic) bond motifs is 1. The van der Waals surface area contributed by atoms with E-state index in [4.69, 9.17) is 5.11 Å². The summed E-state index contributed by atoms with van der Waals surface area (Å²) < 4.78 is 0. The molecule has 5 unspecified atom stereocenters. The minimum Gasteiger partial charge on any atom is -0.481 e. The molecule has 0 amide bonds. The lowest BCUT2D eigenvalue weighted by Crippen LogP contribution is -2.50. The van der Waals surface area contributed by atoms with Crippen LogP contribution >= 0.6 is 0 Å². The van der Waals surface area contributed by atoms with Gasteiger partial charge in [-0.1, -0.05) is 38.2 Å². The van der Waals surface area contributed by atoms with Gasteiger partial charge in [-0.15, -0.1) is 0 Å². The largest absolute Gasteiger partial charge is 0.481 e. The Hall–Kier alpha value is -1.07. The fourth-order valence-electron chi connectivity index (χ4n) is 4.27. The third kappa shape index (κ3) is 6.63. The van der Waals surface area contributed by atoms with E-state index in [1.54, 1.807) is 0 Å². The SMILES string of the molecule is CC1C(O)CCC2CC(CCCCCCCC(O)CC(=O)O)C=CN21. The fourth-order valence-corrected chi connectivity index (χ4v) is 4.27. The molecule has 0 radical (unpaired) electrons. The number of aliphatic hydroxyl groups is 2. The van der Waals surface area contributed by atoms with Crippen LogP contribution in [0.3, 0.4) is 0 Å². The summed E-state index contributed by atoms with van der Waals surface area (Å²) in [5.41, 5.74) is 0. The minimum absolute atomic E-state index is 0.137. The van der Waals surface area contributed by atoms with E-state index in [-0.39, 0.29) is 18.6 Å². The van der Waals surface area contributed by atoms with Gasteiger partial charge in [0, 0.05) is 6.04 Å². The molecule has 3 N–H and O–H groups in total. The lowest BCUT2D eigenvalue weighted by atomic mass is 9.83. The van der Waals surface area contributed by atoms with Gasteiger partial charge in [-0.3, -0.25) is 4.79 Å². The van der Waals surface area contributed by atoms with E-state index in [1.165, 1.54) is 25.7 Å². The van der Waals surface area contributed by atoms with Gasteiger partial charge < -0.3 is 20.2 Å². The second-order valence-electron chi connectivity index (χ2n) is 7.92. The van der Waals surface area contributed by atoms with Crippen molar-refractivity contribution in [2.45, 2.75) is 102 Å². The van der Waals surface area contributed by atoms with Gasteiger partial charge in [0.25, 0.3) is 0 Å². The molecule has 0 aliphatic carbocycles. The van der Waals surface area contributed by atoms with Crippen molar-refractivity contribution in [2.75, 3.05) is 0 Å². The predicted molar refractivity (Wildman–Crippen MR) is 98.2 cm³/mol. The van der Waals surface area contributed by atoms with Crippen molar-refractivity contribution in [3.63, 3.8) is 0 Å². The van der Waals surface area contributed by atoms with Gasteiger partial charge in [0.15, 0.2) is 0 Å². The number of carboxylic acids is 1. The number of piperidine rings is 1. The average Bonchev–Trinajstić information content (AvgIpc) is 2.56. The predicted octanol–water partition coefficient (Wildman–Crippen LogP) is 3.30. The van der Waals surface area contributed by atoms with Gasteiger partial charge in [0.1, 0.15) is 0 Å². The quantitative estimate of drug-likeness (QED) is 0.525. The first-order valence-electron chi connectivity index (χ1n) is 10.0. The van der Waals surface area contributed by atoms with Crippen LogP contribution in [0, 0.1) is 5.92 Å². The molecule has 5 nitrogen and oxygen atoms in total. The van der Waals surface area contributed by atoms with Gasteiger partial charge in [0.2, 0.25) is 0 Å². The molecule has 5 heteroatoms. The second kappa shape index (κ2) is 10.2. The van der Waals surface area contributed by atoms with Crippen molar-refractivity contribution in [3.8, 4) is 0 Å². The minimum atomic E-state index is -0.923. The number of allylic oxidation sites excluding steroid dienone is 1. The zero-order chi connectivity index (χ0) is 18.2. The first-order chi connectivity index (χ1) is 12.0. The summed E-state index contributed by atoms with van der Waals surface area (Å²) in [4.78, 5) is 12.8. The number of rotatable bonds is 10. The molecule has 144 valence electrons. The zero-order valence-electron chi connectivity index (χ0n) is 15.5. The van der Waals surface area contributed by atoms with Crippen molar-refractivity contribution in [3.05, 3.63) is 12.3 Å². The van der Waals surface area contributed by atoms with E-state index in [9.17, 15) is 15.0 Å². The molecular weight excluding hydrogens is 318 g/mol. The Morgan fingerprint density at radius 1 is 1.20 bits per heavy atom. The van der Waals surface area contributed by atoms with Crippen molar-refractivity contribution in [1.29, 1.82) is 0 Å². The van der Waals surface area contributed by atoms with Crippen LogP contribution in [0.15, 0.2) is 12.3 Å². The highest BCUT2D eigenvalue weighted by atomic mass is 16.4. The molecule has 0 spiro atoms. The van der Waals surface area contributed by atoms with Crippen molar-refractivity contribution >= 4 is 5.97 Å². The number of carboxylic acid groups (broad SMARTS) is 1. The number of carbonyl (C=O) groups is 1. The summed E-state index contributed by atoms with van der Waals surface area (Å²) in [6.45, 7) is 2.12. The molecule has 5 atom stereocenters. The van der Waals surface area contributed by atoms with Crippen LogP contribution in [0.1, 0.15) is 77.6 Å². The maximum Gasteiger partial charge on any atom is 0.305 e. The molecule has 0 aromatic carbocycles. The highest BCUT2D eigenvalue weighted by Crippen LogP contribution is 2.33. The molecule has 1 fully saturated rings. The van der Waals surface area contributed by atoms with Crippen molar-refractivity contribution in [1.82, 2.24) is 4.90 Å². The summed E-state index contributed by atoms with van der Waals surface area (Å²) in [5.74, 6) is -0.255. The van der Waals surface area contributed by atoms with Crippen molar-refractivity contribution < 1.29 is 20.1 Å². The number of aliphatic hydroxyl groups excluding tert-OH is 2. The van der Waals surface area contributed by atoms with Gasteiger partial charge in [-0.05, 0) is 51.1 Å². The monoisotopic (exact) mass is 353 g/mol. The first kappa shape index (κ1) is 20.2. The molecule has 0 aromatic heterocycles. The Labute approximate surface area is 151 Å². The average molecular weight is 354 g/mol. The zero-order valence-corrected chi connectivity index (χ0v) is 15.5. The summed E-state index contributed by atoms with van der Waals surface area (Å²) >= 11 is 0. The van der Waals surface area contributed by atoms with Gasteiger partial charge in [-0.2, -0.15) is 0 Å². The van der Waals surface area contributed by atoms with Crippen LogP contribution < -0.4 is 0 Å². The standard InChI is InChI=1S/C20H35NO4/c1-15-19(23)10-9-17-13-16(11-12-21(15)17)7-5-3-2-4-6-8-18(22)14-20(24)25/h11-12,15-19,22-23H,2-10,13-14H2,1H3,(H,24,25). The molecule has 0 bridgehead atoms. The number of hydrogen-bond acceptors (Lipinski definition) is 4. The van der Waals surface area contributed by atoms with Crippen LogP contribution in [0.4, 0.5) is 0 Å². The molecule has 0 aromatic rings. The molecule has 0 saturated carbocycles. The number of unbranched alkanes of at least 4 members (excludes halogenated alkanes) is 4. The van der Waals surface area contributed by atoms with E-state index in [0.29, 0.717) is 18.4 Å². The Kier molecular flexibility index (Phi) is 8.24. The normalized spacial score (nSPS) is 30.1. The third-order valence-electron chi connectivity index (χ3n) is 5.87. The third-order valence-corrected chi connectivity index (χ3v) is 5.87. The summed E-state index contributed by atoms with van der Waals surface area (Å²) in [6.07, 6.45) is 14.2. The van der Waals surface area contributed by atoms with Crippen LogP contribution in [-0.2, 0) is 4.79 Å². The number of hydrogen-bond donors (Lipinski definition) is 3. The molecule has 2 heterocycles. The highest BCUT2D eigenvalue weighted by Gasteiger charge is 2.34. The molecule has 1 saturated heterocycles. The van der Waals surface area contributed by atoms with Crippen LogP contribution in [0.5, 0.6) is 0 Å². The van der Waals surface area contributed by atoms with Crippen LogP contribution in [0.25, 0.3) is 0 Å². The summed E-state index contributed by atoms with van der Waals surface area (Å²) in [7, 11) is 0. The second-order valence-corrected chi connectivity index (χ2v) is 7.92. The van der Waals surface area contributed by atoms with Gasteiger partial charge in [0.05, 0.1) is 24.7 Å². The highest BCUT2D eigenvalue weighted by molar-refractivity contribution is 5.67. The maximum atomic E-state index is 10.5. The van der Waals surface area contributed by atoms with E-state index in [0.717, 1.165) is 32.1 Å². The molecule has 2 aliphatic rings. The lowest BCUT2D eigenvalue weighted by molar-refractivity contribution is -0.139. The Morgan fingerprint density at radius 3 is 2.68 bits per heavy atom. The van der Waals surface area contributed by atoms with Crippen LogP contribution in [0.2, 0.25) is 0 Å². The van der Waals surface area contributed by atoms with Gasteiger partial charge >= 0.3 is 5.97 Å².